The summed E-state index contributed by atoms with van der Waals surface area (Å²) in [7, 11) is 1.58. The van der Waals surface area contributed by atoms with Gasteiger partial charge in [0.2, 0.25) is 0 Å². The van der Waals surface area contributed by atoms with E-state index in [0.717, 1.165) is 5.56 Å². The Kier molecular flexibility index (Phi) is 3.74. The van der Waals surface area contributed by atoms with Crippen molar-refractivity contribution in [1.29, 1.82) is 0 Å². The van der Waals surface area contributed by atoms with Crippen LogP contribution in [0.5, 0.6) is 11.5 Å². The molecule has 0 aromatic heterocycles. The fourth-order valence-electron chi connectivity index (χ4n) is 2.56. The number of hydrogen-bond donors (Lipinski definition) is 1. The van der Waals surface area contributed by atoms with Crippen LogP contribution in [0.1, 0.15) is 29.7 Å². The van der Waals surface area contributed by atoms with Crippen molar-refractivity contribution in [1.82, 2.24) is 0 Å². The fourth-order valence-corrected chi connectivity index (χ4v) is 2.74. The Hall–Kier alpha value is -1.78. The van der Waals surface area contributed by atoms with E-state index < -0.39 is 6.10 Å². The molecule has 2 N–H and O–H groups in total. The molecule has 0 fully saturated rings. The number of benzene rings is 2. The third kappa shape index (κ3) is 2.69. The Labute approximate surface area is 127 Å². The number of rotatable bonds is 2. The molecule has 0 amide bonds. The molecule has 5 heteroatoms. The summed E-state index contributed by atoms with van der Waals surface area (Å²) in [5.41, 5.74) is 7.50. The second-order valence-corrected chi connectivity index (χ2v) is 5.45. The van der Waals surface area contributed by atoms with E-state index >= 15 is 0 Å². The van der Waals surface area contributed by atoms with Crippen LogP contribution in [0.4, 0.5) is 4.39 Å². The summed E-state index contributed by atoms with van der Waals surface area (Å²) < 4.78 is 25.1. The van der Waals surface area contributed by atoms with E-state index in [0.29, 0.717) is 28.5 Å². The van der Waals surface area contributed by atoms with Gasteiger partial charge in [-0.3, -0.25) is 0 Å². The summed E-state index contributed by atoms with van der Waals surface area (Å²) in [5.74, 6) is 0.952. The summed E-state index contributed by atoms with van der Waals surface area (Å²) >= 11 is 5.95. The molecule has 2 aromatic rings. The van der Waals surface area contributed by atoms with Gasteiger partial charge in [-0.25, -0.2) is 4.39 Å². The molecular weight excluding hydrogens is 293 g/mol. The Balaban J connectivity index is 1.98. The van der Waals surface area contributed by atoms with E-state index in [1.807, 2.05) is 12.1 Å². The van der Waals surface area contributed by atoms with Gasteiger partial charge in [-0.2, -0.15) is 0 Å². The number of nitrogens with two attached hydrogens (primary N) is 1. The average molecular weight is 308 g/mol. The predicted molar refractivity (Wildman–Crippen MR) is 79.3 cm³/mol. The normalized spacial score (nSPS) is 20.6. The molecule has 1 aliphatic rings. The smallest absolute Gasteiger partial charge is 0.130 e. The van der Waals surface area contributed by atoms with Gasteiger partial charge in [0, 0.05) is 34.7 Å². The van der Waals surface area contributed by atoms with Crippen molar-refractivity contribution in [3.8, 4) is 11.5 Å². The van der Waals surface area contributed by atoms with Crippen molar-refractivity contribution in [3.63, 3.8) is 0 Å². The van der Waals surface area contributed by atoms with Gasteiger partial charge in [0.25, 0.3) is 0 Å². The quantitative estimate of drug-likeness (QED) is 0.911. The molecule has 110 valence electrons. The minimum absolute atomic E-state index is 0.219. The van der Waals surface area contributed by atoms with E-state index in [1.165, 1.54) is 12.1 Å². The van der Waals surface area contributed by atoms with Crippen molar-refractivity contribution in [2.24, 2.45) is 5.73 Å². The summed E-state index contributed by atoms with van der Waals surface area (Å²) in [6.07, 6.45) is 0.0367. The molecule has 0 aliphatic carbocycles. The van der Waals surface area contributed by atoms with Crippen LogP contribution in [0.25, 0.3) is 0 Å². The number of methoxy groups -OCH3 is 1. The first-order valence-electron chi connectivity index (χ1n) is 6.63. The first-order chi connectivity index (χ1) is 10.1. The topological polar surface area (TPSA) is 44.5 Å². The third-order valence-electron chi connectivity index (χ3n) is 3.66. The van der Waals surface area contributed by atoms with Crippen molar-refractivity contribution >= 4 is 11.6 Å². The minimum Gasteiger partial charge on any atom is -0.497 e. The van der Waals surface area contributed by atoms with Crippen LogP contribution in [0.3, 0.4) is 0 Å². The molecule has 0 radical (unpaired) electrons. The molecule has 0 saturated heterocycles. The van der Waals surface area contributed by atoms with Gasteiger partial charge in [0.1, 0.15) is 23.4 Å². The average Bonchev–Trinajstić information content (AvgIpc) is 2.49. The molecule has 0 spiro atoms. The van der Waals surface area contributed by atoms with Crippen LogP contribution < -0.4 is 15.2 Å². The van der Waals surface area contributed by atoms with Gasteiger partial charge in [0.15, 0.2) is 0 Å². The maximum Gasteiger partial charge on any atom is 0.130 e. The van der Waals surface area contributed by atoms with Crippen molar-refractivity contribution in [3.05, 3.63) is 58.4 Å². The second-order valence-electron chi connectivity index (χ2n) is 5.02. The van der Waals surface area contributed by atoms with Gasteiger partial charge in [-0.15, -0.1) is 0 Å². The lowest BCUT2D eigenvalue weighted by molar-refractivity contribution is 0.157. The first-order valence-corrected chi connectivity index (χ1v) is 7.01. The highest BCUT2D eigenvalue weighted by atomic mass is 35.5. The lowest BCUT2D eigenvalue weighted by Crippen LogP contribution is -2.24. The zero-order chi connectivity index (χ0) is 15.0. The maximum absolute atomic E-state index is 14.0. The van der Waals surface area contributed by atoms with Crippen molar-refractivity contribution in [2.75, 3.05) is 7.11 Å². The molecule has 1 aliphatic heterocycles. The Morgan fingerprint density at radius 1 is 1.24 bits per heavy atom. The minimum atomic E-state index is -0.460. The van der Waals surface area contributed by atoms with E-state index in [1.54, 1.807) is 19.2 Å². The molecular formula is C16H15ClFNO2. The zero-order valence-electron chi connectivity index (χ0n) is 11.5. The molecule has 0 bridgehead atoms. The highest BCUT2D eigenvalue weighted by molar-refractivity contribution is 6.30. The van der Waals surface area contributed by atoms with E-state index in [-0.39, 0.29) is 11.9 Å². The molecule has 21 heavy (non-hydrogen) atoms. The molecule has 1 heterocycles. The van der Waals surface area contributed by atoms with Gasteiger partial charge in [0.05, 0.1) is 7.11 Å². The lowest BCUT2D eigenvalue weighted by Gasteiger charge is -2.31. The largest absolute Gasteiger partial charge is 0.497 e. The van der Waals surface area contributed by atoms with Crippen molar-refractivity contribution < 1.29 is 13.9 Å². The molecule has 2 atom stereocenters. The predicted octanol–water partition coefficient (Wildman–Crippen LogP) is 4.01. The SMILES string of the molecule is COc1ccc2c(c1)OC(c1cc(Cl)ccc1F)C[C@@H]2N. The highest BCUT2D eigenvalue weighted by Gasteiger charge is 2.29. The Morgan fingerprint density at radius 2 is 2.05 bits per heavy atom. The molecule has 0 saturated carbocycles. The van der Waals surface area contributed by atoms with E-state index in [4.69, 9.17) is 26.8 Å². The van der Waals surface area contributed by atoms with Crippen molar-refractivity contribution in [2.45, 2.75) is 18.6 Å². The zero-order valence-corrected chi connectivity index (χ0v) is 12.2. The number of hydrogen-bond acceptors (Lipinski definition) is 3. The monoisotopic (exact) mass is 307 g/mol. The number of fused-ring (bicyclic) bond motifs is 1. The van der Waals surface area contributed by atoms with Gasteiger partial charge >= 0.3 is 0 Å². The first kappa shape index (κ1) is 14.2. The van der Waals surface area contributed by atoms with Crippen LogP contribution >= 0.6 is 11.6 Å². The molecule has 2 aromatic carbocycles. The molecule has 3 nitrogen and oxygen atoms in total. The van der Waals surface area contributed by atoms with Gasteiger partial charge < -0.3 is 15.2 Å². The second kappa shape index (κ2) is 5.54. The van der Waals surface area contributed by atoms with Crippen LogP contribution in [0.2, 0.25) is 5.02 Å². The summed E-state index contributed by atoms with van der Waals surface area (Å²) in [5, 5.41) is 0.472. The third-order valence-corrected chi connectivity index (χ3v) is 3.90. The summed E-state index contributed by atoms with van der Waals surface area (Å²) in [6, 6.07) is 9.70. The van der Waals surface area contributed by atoms with E-state index in [9.17, 15) is 4.39 Å². The number of ether oxygens (including phenoxy) is 2. The maximum atomic E-state index is 14.0. The van der Waals surface area contributed by atoms with Gasteiger partial charge in [-0.1, -0.05) is 17.7 Å². The molecule has 3 rings (SSSR count). The summed E-state index contributed by atoms with van der Waals surface area (Å²) in [6.45, 7) is 0. The van der Waals surface area contributed by atoms with E-state index in [2.05, 4.69) is 0 Å². The summed E-state index contributed by atoms with van der Waals surface area (Å²) in [4.78, 5) is 0. The fraction of sp³-hybridized carbons (Fsp3) is 0.250. The Bertz CT molecular complexity index is 677. The molecule has 1 unspecified atom stereocenters. The van der Waals surface area contributed by atoms with Crippen LogP contribution in [0.15, 0.2) is 36.4 Å². The number of halogens is 2. The van der Waals surface area contributed by atoms with Crippen LogP contribution in [-0.4, -0.2) is 7.11 Å². The lowest BCUT2D eigenvalue weighted by atomic mass is 9.93. The van der Waals surface area contributed by atoms with Crippen LogP contribution in [-0.2, 0) is 0 Å². The Morgan fingerprint density at radius 3 is 2.81 bits per heavy atom. The standard InChI is InChI=1S/C16H15ClFNO2/c1-20-10-3-4-11-14(19)8-16(21-15(11)7-10)12-6-9(17)2-5-13(12)18/h2-7,14,16H,8,19H2,1H3/t14-,16?/m0/s1. The van der Waals surface area contributed by atoms with Gasteiger partial charge in [-0.05, 0) is 24.3 Å². The highest BCUT2D eigenvalue weighted by Crippen LogP contribution is 2.42. The van der Waals surface area contributed by atoms with Crippen LogP contribution in [0, 0.1) is 5.82 Å².